The summed E-state index contributed by atoms with van der Waals surface area (Å²) in [6.07, 6.45) is 2.31. The first-order valence-corrected chi connectivity index (χ1v) is 7.43. The van der Waals surface area contributed by atoms with Gasteiger partial charge in [-0.05, 0) is 24.0 Å². The van der Waals surface area contributed by atoms with Gasteiger partial charge in [-0.25, -0.2) is 13.4 Å². The van der Waals surface area contributed by atoms with Crippen molar-refractivity contribution in [1.29, 1.82) is 0 Å². The van der Waals surface area contributed by atoms with Crippen LogP contribution in [0.4, 0.5) is 5.82 Å². The van der Waals surface area contributed by atoms with Crippen LogP contribution in [0.3, 0.4) is 0 Å². The van der Waals surface area contributed by atoms with E-state index < -0.39 is 10.0 Å². The SMILES string of the molecule is CNc1ccc(S(=O)(=O)N2CCC(C)(C)C2)cn1. The molecular weight excluding hydrogens is 250 g/mol. The molecule has 0 saturated carbocycles. The molecule has 1 aromatic rings. The molecular formula is C12H19N3O2S. The molecule has 2 heterocycles. The largest absolute Gasteiger partial charge is 0.373 e. The van der Waals surface area contributed by atoms with Gasteiger partial charge >= 0.3 is 0 Å². The molecule has 0 bridgehead atoms. The van der Waals surface area contributed by atoms with Gasteiger partial charge in [0.05, 0.1) is 0 Å². The Morgan fingerprint density at radius 2 is 2.11 bits per heavy atom. The van der Waals surface area contributed by atoms with E-state index in [-0.39, 0.29) is 10.3 Å². The molecule has 0 aromatic carbocycles. The van der Waals surface area contributed by atoms with Gasteiger partial charge in [0, 0.05) is 26.3 Å². The minimum absolute atomic E-state index is 0.0609. The number of sulfonamides is 1. The molecule has 0 amide bonds. The molecule has 1 fully saturated rings. The summed E-state index contributed by atoms with van der Waals surface area (Å²) in [4.78, 5) is 4.32. The van der Waals surface area contributed by atoms with Crippen molar-refractivity contribution in [1.82, 2.24) is 9.29 Å². The molecule has 2 rings (SSSR count). The summed E-state index contributed by atoms with van der Waals surface area (Å²) in [7, 11) is -1.64. The third-order valence-corrected chi connectivity index (χ3v) is 5.10. The maximum Gasteiger partial charge on any atom is 0.244 e. The fourth-order valence-corrected chi connectivity index (χ4v) is 3.67. The monoisotopic (exact) mass is 269 g/mol. The zero-order valence-electron chi connectivity index (χ0n) is 11.0. The van der Waals surface area contributed by atoms with Crippen LogP contribution in [-0.2, 0) is 10.0 Å². The third kappa shape index (κ3) is 2.49. The van der Waals surface area contributed by atoms with E-state index in [0.717, 1.165) is 6.42 Å². The van der Waals surface area contributed by atoms with E-state index in [4.69, 9.17) is 0 Å². The molecule has 0 spiro atoms. The number of nitrogens with one attached hydrogen (secondary N) is 1. The summed E-state index contributed by atoms with van der Waals surface area (Å²) in [6, 6.07) is 3.27. The van der Waals surface area contributed by atoms with E-state index in [9.17, 15) is 8.42 Å². The predicted molar refractivity (Wildman–Crippen MR) is 70.9 cm³/mol. The molecule has 0 unspecified atom stereocenters. The van der Waals surface area contributed by atoms with Crippen molar-refractivity contribution in [2.45, 2.75) is 25.2 Å². The van der Waals surface area contributed by atoms with E-state index in [2.05, 4.69) is 24.1 Å². The fraction of sp³-hybridized carbons (Fsp3) is 0.583. The predicted octanol–water partition coefficient (Wildman–Crippen LogP) is 1.54. The molecule has 1 aliphatic heterocycles. The Bertz CT molecular complexity index is 523. The number of nitrogens with zero attached hydrogens (tertiary/aromatic N) is 2. The number of hydrogen-bond donors (Lipinski definition) is 1. The van der Waals surface area contributed by atoms with Crippen molar-refractivity contribution in [2.75, 3.05) is 25.5 Å². The van der Waals surface area contributed by atoms with E-state index >= 15 is 0 Å². The van der Waals surface area contributed by atoms with Crippen molar-refractivity contribution in [3.63, 3.8) is 0 Å². The second-order valence-electron chi connectivity index (χ2n) is 5.38. The van der Waals surface area contributed by atoms with Crippen molar-refractivity contribution < 1.29 is 8.42 Å². The molecule has 6 heteroatoms. The Hall–Kier alpha value is -1.14. The zero-order valence-corrected chi connectivity index (χ0v) is 11.8. The van der Waals surface area contributed by atoms with Gasteiger partial charge in [0.1, 0.15) is 10.7 Å². The quantitative estimate of drug-likeness (QED) is 0.904. The van der Waals surface area contributed by atoms with Crippen LogP contribution in [0.1, 0.15) is 20.3 Å². The standard InChI is InChI=1S/C12H19N3O2S/c1-12(2)6-7-15(9-12)18(16,17)10-4-5-11(13-3)14-8-10/h4-5,8H,6-7,9H2,1-3H3,(H,13,14). The van der Waals surface area contributed by atoms with Gasteiger partial charge in [0.2, 0.25) is 10.0 Å². The van der Waals surface area contributed by atoms with Gasteiger partial charge in [-0.2, -0.15) is 4.31 Å². The van der Waals surface area contributed by atoms with Crippen molar-refractivity contribution in [2.24, 2.45) is 5.41 Å². The highest BCUT2D eigenvalue weighted by Gasteiger charge is 2.36. The lowest BCUT2D eigenvalue weighted by atomic mass is 9.93. The van der Waals surface area contributed by atoms with Gasteiger partial charge in [-0.3, -0.25) is 0 Å². The van der Waals surface area contributed by atoms with Crippen LogP contribution in [0, 0.1) is 5.41 Å². The summed E-state index contributed by atoms with van der Waals surface area (Å²) >= 11 is 0. The first-order valence-electron chi connectivity index (χ1n) is 5.99. The van der Waals surface area contributed by atoms with Gasteiger partial charge in [-0.15, -0.1) is 0 Å². The average molecular weight is 269 g/mol. The number of anilines is 1. The number of pyridine rings is 1. The second kappa shape index (κ2) is 4.51. The maximum atomic E-state index is 12.4. The molecule has 1 N–H and O–H groups in total. The van der Waals surface area contributed by atoms with Crippen LogP contribution in [0.25, 0.3) is 0 Å². The molecule has 1 saturated heterocycles. The highest BCUT2D eigenvalue weighted by Crippen LogP contribution is 2.32. The van der Waals surface area contributed by atoms with Gasteiger partial charge < -0.3 is 5.32 Å². The van der Waals surface area contributed by atoms with Crippen molar-refractivity contribution >= 4 is 15.8 Å². The molecule has 100 valence electrons. The highest BCUT2D eigenvalue weighted by molar-refractivity contribution is 7.89. The first kappa shape index (κ1) is 13.3. The Morgan fingerprint density at radius 1 is 1.39 bits per heavy atom. The Kier molecular flexibility index (Phi) is 3.33. The summed E-state index contributed by atoms with van der Waals surface area (Å²) in [5.41, 5.74) is 0.0609. The van der Waals surface area contributed by atoms with Crippen molar-refractivity contribution in [3.05, 3.63) is 18.3 Å². The summed E-state index contributed by atoms with van der Waals surface area (Å²) in [5.74, 6) is 0.663. The van der Waals surface area contributed by atoms with Crippen LogP contribution >= 0.6 is 0 Å². The van der Waals surface area contributed by atoms with Crippen molar-refractivity contribution in [3.8, 4) is 0 Å². The third-order valence-electron chi connectivity index (χ3n) is 3.27. The highest BCUT2D eigenvalue weighted by atomic mass is 32.2. The zero-order chi connectivity index (χ0) is 13.4. The first-order chi connectivity index (χ1) is 8.35. The molecule has 1 aliphatic rings. The molecule has 0 radical (unpaired) electrons. The summed E-state index contributed by atoms with van der Waals surface area (Å²) in [6.45, 7) is 5.34. The van der Waals surface area contributed by atoms with Gasteiger partial charge in [-0.1, -0.05) is 13.8 Å². The summed E-state index contributed by atoms with van der Waals surface area (Å²) < 4.78 is 26.3. The Balaban J connectivity index is 2.25. The summed E-state index contributed by atoms with van der Waals surface area (Å²) in [5, 5.41) is 2.87. The Morgan fingerprint density at radius 3 is 2.56 bits per heavy atom. The average Bonchev–Trinajstić information content (AvgIpc) is 2.70. The molecule has 1 aromatic heterocycles. The van der Waals surface area contributed by atoms with Gasteiger partial charge in [0.25, 0.3) is 0 Å². The number of aromatic nitrogens is 1. The number of hydrogen-bond acceptors (Lipinski definition) is 4. The molecule has 18 heavy (non-hydrogen) atoms. The lowest BCUT2D eigenvalue weighted by Gasteiger charge is -2.19. The normalized spacial score (nSPS) is 19.9. The van der Waals surface area contributed by atoms with E-state index in [1.807, 2.05) is 0 Å². The lowest BCUT2D eigenvalue weighted by molar-refractivity contribution is 0.375. The smallest absolute Gasteiger partial charge is 0.244 e. The van der Waals surface area contributed by atoms with E-state index in [0.29, 0.717) is 18.9 Å². The topological polar surface area (TPSA) is 62.3 Å². The van der Waals surface area contributed by atoms with Crippen LogP contribution in [0.15, 0.2) is 23.2 Å². The van der Waals surface area contributed by atoms with Crippen LogP contribution < -0.4 is 5.32 Å². The maximum absolute atomic E-state index is 12.4. The minimum atomic E-state index is -3.39. The Labute approximate surface area is 108 Å². The number of rotatable bonds is 3. The van der Waals surface area contributed by atoms with Crippen LogP contribution in [0.5, 0.6) is 0 Å². The lowest BCUT2D eigenvalue weighted by Crippen LogP contribution is -2.30. The van der Waals surface area contributed by atoms with Gasteiger partial charge in [0.15, 0.2) is 0 Å². The van der Waals surface area contributed by atoms with Crippen LogP contribution in [-0.4, -0.2) is 37.8 Å². The molecule has 0 aliphatic carbocycles. The van der Waals surface area contributed by atoms with Crippen LogP contribution in [0.2, 0.25) is 0 Å². The second-order valence-corrected chi connectivity index (χ2v) is 7.32. The fourth-order valence-electron chi connectivity index (χ4n) is 2.10. The van der Waals surface area contributed by atoms with E-state index in [1.54, 1.807) is 23.5 Å². The molecule has 5 nitrogen and oxygen atoms in total. The van der Waals surface area contributed by atoms with E-state index in [1.165, 1.54) is 6.20 Å². The molecule has 0 atom stereocenters. The minimum Gasteiger partial charge on any atom is -0.373 e.